The van der Waals surface area contributed by atoms with Gasteiger partial charge in [-0.25, -0.2) is 0 Å². The van der Waals surface area contributed by atoms with Crippen LogP contribution >= 0.6 is 0 Å². The number of esters is 1. The molecule has 0 saturated carbocycles. The Morgan fingerprint density at radius 2 is 2.00 bits per heavy atom. The van der Waals surface area contributed by atoms with Crippen molar-refractivity contribution < 1.29 is 19.0 Å². The third kappa shape index (κ3) is 3.89. The van der Waals surface area contributed by atoms with Gasteiger partial charge in [0, 0.05) is 6.42 Å². The van der Waals surface area contributed by atoms with E-state index < -0.39 is 11.4 Å². The predicted octanol–water partition coefficient (Wildman–Crippen LogP) is 2.56. The smallest absolute Gasteiger partial charge is 0.326 e. The van der Waals surface area contributed by atoms with Crippen LogP contribution in [-0.4, -0.2) is 26.3 Å². The van der Waals surface area contributed by atoms with Crippen LogP contribution in [0.2, 0.25) is 0 Å². The number of carbonyl (C=O) groups excluding carboxylic acids is 1. The molecule has 1 aromatic carbocycles. The summed E-state index contributed by atoms with van der Waals surface area (Å²) < 4.78 is 15.6. The Balaban J connectivity index is 2.62. The highest BCUT2D eigenvalue weighted by Crippen LogP contribution is 2.28. The third-order valence-electron chi connectivity index (χ3n) is 2.90. The number of rotatable bonds is 7. The van der Waals surface area contributed by atoms with E-state index in [1.165, 1.54) is 0 Å². The van der Waals surface area contributed by atoms with Crippen LogP contribution in [0, 0.1) is 16.7 Å². The van der Waals surface area contributed by atoms with Gasteiger partial charge in [0.2, 0.25) is 0 Å². The third-order valence-corrected chi connectivity index (χ3v) is 2.90. The average molecular weight is 277 g/mol. The SMILES string of the molecule is CCOC(=O)C(C)(C#N)CCOc1ccccc1OC. The first kappa shape index (κ1) is 15.8. The van der Waals surface area contributed by atoms with Crippen LogP contribution in [0.3, 0.4) is 0 Å². The molecule has 5 heteroatoms. The number of nitriles is 1. The first-order valence-electron chi connectivity index (χ1n) is 6.41. The lowest BCUT2D eigenvalue weighted by molar-refractivity contribution is -0.151. The minimum Gasteiger partial charge on any atom is -0.493 e. The van der Waals surface area contributed by atoms with Crippen LogP contribution in [0.25, 0.3) is 0 Å². The number of carbonyl (C=O) groups is 1. The monoisotopic (exact) mass is 277 g/mol. The molecule has 0 aliphatic heterocycles. The van der Waals surface area contributed by atoms with Gasteiger partial charge in [0.25, 0.3) is 0 Å². The molecular weight excluding hydrogens is 258 g/mol. The minimum atomic E-state index is -1.20. The maximum atomic E-state index is 11.7. The van der Waals surface area contributed by atoms with E-state index in [0.29, 0.717) is 11.5 Å². The summed E-state index contributed by atoms with van der Waals surface area (Å²) in [5, 5.41) is 9.15. The highest BCUT2D eigenvalue weighted by Gasteiger charge is 2.35. The molecule has 0 aliphatic carbocycles. The molecule has 0 radical (unpaired) electrons. The van der Waals surface area contributed by atoms with Crippen LogP contribution in [-0.2, 0) is 9.53 Å². The molecule has 1 rings (SSSR count). The molecule has 108 valence electrons. The zero-order chi connectivity index (χ0) is 15.0. The Labute approximate surface area is 119 Å². The van der Waals surface area contributed by atoms with Crippen molar-refractivity contribution in [3.8, 4) is 17.6 Å². The van der Waals surface area contributed by atoms with Crippen LogP contribution in [0.4, 0.5) is 0 Å². The molecule has 0 aromatic heterocycles. The molecular formula is C15H19NO4. The van der Waals surface area contributed by atoms with Gasteiger partial charge in [0.1, 0.15) is 0 Å². The molecule has 5 nitrogen and oxygen atoms in total. The van der Waals surface area contributed by atoms with Crippen LogP contribution in [0.15, 0.2) is 24.3 Å². The fourth-order valence-electron chi connectivity index (χ4n) is 1.60. The predicted molar refractivity (Wildman–Crippen MR) is 73.5 cm³/mol. The van der Waals surface area contributed by atoms with E-state index >= 15 is 0 Å². The minimum absolute atomic E-state index is 0.225. The van der Waals surface area contributed by atoms with Crippen molar-refractivity contribution in [2.45, 2.75) is 20.3 Å². The number of benzene rings is 1. The van der Waals surface area contributed by atoms with Crippen LogP contribution in [0.5, 0.6) is 11.5 Å². The van der Waals surface area contributed by atoms with E-state index in [4.69, 9.17) is 19.5 Å². The lowest BCUT2D eigenvalue weighted by Crippen LogP contribution is -2.30. The molecule has 20 heavy (non-hydrogen) atoms. The summed E-state index contributed by atoms with van der Waals surface area (Å²) in [6, 6.07) is 9.21. The van der Waals surface area contributed by atoms with Gasteiger partial charge in [-0.05, 0) is 26.0 Å². The molecule has 0 fully saturated rings. The average Bonchev–Trinajstić information content (AvgIpc) is 2.47. The molecule has 0 N–H and O–H groups in total. The Bertz CT molecular complexity index is 495. The standard InChI is InChI=1S/C15H19NO4/c1-4-19-14(17)15(2,11-16)9-10-20-13-8-6-5-7-12(13)18-3/h5-8H,4,9-10H2,1-3H3. The summed E-state index contributed by atoms with van der Waals surface area (Å²) in [4.78, 5) is 11.7. The fourth-order valence-corrected chi connectivity index (χ4v) is 1.60. The Kier molecular flexibility index (Phi) is 5.85. The topological polar surface area (TPSA) is 68.6 Å². The second-order valence-corrected chi connectivity index (χ2v) is 4.41. The first-order chi connectivity index (χ1) is 9.57. The fraction of sp³-hybridized carbons (Fsp3) is 0.467. The van der Waals surface area contributed by atoms with Crippen molar-refractivity contribution in [2.75, 3.05) is 20.3 Å². The van der Waals surface area contributed by atoms with Gasteiger partial charge >= 0.3 is 5.97 Å². The number of hydrogen-bond donors (Lipinski definition) is 0. The van der Waals surface area contributed by atoms with E-state index in [2.05, 4.69) is 0 Å². The highest BCUT2D eigenvalue weighted by molar-refractivity contribution is 5.79. The van der Waals surface area contributed by atoms with E-state index in [-0.39, 0.29) is 19.6 Å². The lowest BCUT2D eigenvalue weighted by atomic mass is 9.89. The first-order valence-corrected chi connectivity index (χ1v) is 6.41. The van der Waals surface area contributed by atoms with Crippen molar-refractivity contribution in [3.05, 3.63) is 24.3 Å². The largest absolute Gasteiger partial charge is 0.493 e. The molecule has 0 heterocycles. The lowest BCUT2D eigenvalue weighted by Gasteiger charge is -2.19. The second kappa shape index (κ2) is 7.39. The summed E-state index contributed by atoms with van der Waals surface area (Å²) in [5.74, 6) is 0.674. The highest BCUT2D eigenvalue weighted by atomic mass is 16.5. The molecule has 0 aliphatic rings. The maximum Gasteiger partial charge on any atom is 0.326 e. The van der Waals surface area contributed by atoms with Gasteiger partial charge in [-0.15, -0.1) is 0 Å². The van der Waals surface area contributed by atoms with E-state index in [1.54, 1.807) is 33.1 Å². The van der Waals surface area contributed by atoms with Gasteiger partial charge in [-0.2, -0.15) is 5.26 Å². The molecule has 1 aromatic rings. The van der Waals surface area contributed by atoms with E-state index in [1.807, 2.05) is 18.2 Å². The summed E-state index contributed by atoms with van der Waals surface area (Å²) in [5.41, 5.74) is -1.20. The molecule has 1 atom stereocenters. The molecule has 0 bridgehead atoms. The maximum absolute atomic E-state index is 11.7. The molecule has 0 amide bonds. The van der Waals surface area contributed by atoms with E-state index in [9.17, 15) is 4.79 Å². The zero-order valence-corrected chi connectivity index (χ0v) is 12.0. The van der Waals surface area contributed by atoms with Gasteiger partial charge < -0.3 is 14.2 Å². The number of nitrogens with zero attached hydrogens (tertiary/aromatic N) is 1. The molecule has 0 saturated heterocycles. The van der Waals surface area contributed by atoms with Crippen molar-refractivity contribution in [2.24, 2.45) is 5.41 Å². The number of hydrogen-bond acceptors (Lipinski definition) is 5. The molecule has 0 spiro atoms. The van der Waals surface area contributed by atoms with Crippen molar-refractivity contribution >= 4 is 5.97 Å². The van der Waals surface area contributed by atoms with Crippen molar-refractivity contribution in [3.63, 3.8) is 0 Å². The number of methoxy groups -OCH3 is 1. The second-order valence-electron chi connectivity index (χ2n) is 4.41. The van der Waals surface area contributed by atoms with Crippen LogP contribution in [0.1, 0.15) is 20.3 Å². The Morgan fingerprint density at radius 1 is 1.35 bits per heavy atom. The zero-order valence-electron chi connectivity index (χ0n) is 12.0. The normalized spacial score (nSPS) is 12.9. The van der Waals surface area contributed by atoms with Gasteiger partial charge in [-0.1, -0.05) is 12.1 Å². The van der Waals surface area contributed by atoms with Gasteiger partial charge in [0.15, 0.2) is 16.9 Å². The Hall–Kier alpha value is -2.22. The quantitative estimate of drug-likeness (QED) is 0.716. The summed E-state index contributed by atoms with van der Waals surface area (Å²) in [7, 11) is 1.56. The summed E-state index contributed by atoms with van der Waals surface area (Å²) in [6.45, 7) is 3.74. The van der Waals surface area contributed by atoms with Gasteiger partial charge in [-0.3, -0.25) is 4.79 Å². The van der Waals surface area contributed by atoms with Gasteiger partial charge in [0.05, 0.1) is 26.4 Å². The molecule has 1 unspecified atom stereocenters. The van der Waals surface area contributed by atoms with Crippen molar-refractivity contribution in [1.29, 1.82) is 5.26 Å². The summed E-state index contributed by atoms with van der Waals surface area (Å²) >= 11 is 0. The Morgan fingerprint density at radius 3 is 2.55 bits per heavy atom. The van der Waals surface area contributed by atoms with E-state index in [0.717, 1.165) is 0 Å². The van der Waals surface area contributed by atoms with Crippen molar-refractivity contribution in [1.82, 2.24) is 0 Å². The summed E-state index contributed by atoms with van der Waals surface area (Å²) in [6.07, 6.45) is 0.250. The van der Waals surface area contributed by atoms with Crippen LogP contribution < -0.4 is 9.47 Å². The number of ether oxygens (including phenoxy) is 3. The number of para-hydroxylation sites is 2.